The summed E-state index contributed by atoms with van der Waals surface area (Å²) < 4.78 is 1.27. The van der Waals surface area contributed by atoms with Crippen LogP contribution in [0.15, 0.2) is 39.3 Å². The van der Waals surface area contributed by atoms with Crippen molar-refractivity contribution >= 4 is 60.7 Å². The van der Waals surface area contributed by atoms with Gasteiger partial charge >= 0.3 is 0 Å². The Kier molecular flexibility index (Phi) is 4.57. The van der Waals surface area contributed by atoms with Crippen molar-refractivity contribution in [1.82, 2.24) is 0 Å². The van der Waals surface area contributed by atoms with Crippen LogP contribution in [0.2, 0.25) is 5.02 Å². The first-order chi connectivity index (χ1) is 9.38. The lowest BCUT2D eigenvalue weighted by molar-refractivity contribution is 0.102. The molecule has 1 amide bonds. The number of benzene rings is 2. The molecule has 0 unspecified atom stereocenters. The Balaban J connectivity index is 2.35. The highest BCUT2D eigenvalue weighted by Crippen LogP contribution is 2.34. The number of nitrogen functional groups attached to an aromatic ring is 1. The number of carbonyl (C=O) groups excluding carboxylic acids is 1. The highest BCUT2D eigenvalue weighted by Gasteiger charge is 2.15. The average molecular weight is 420 g/mol. The predicted molar refractivity (Wildman–Crippen MR) is 87.3 cm³/mol. The van der Waals surface area contributed by atoms with Gasteiger partial charge in [0, 0.05) is 14.6 Å². The SMILES string of the molecule is Nc1cc(Br)c(NC(=O)c2cc(O)ccc2Cl)c(Br)c1. The number of hydrogen-bond acceptors (Lipinski definition) is 3. The second-order valence-electron chi connectivity index (χ2n) is 3.98. The minimum absolute atomic E-state index is 0.0324. The molecule has 4 N–H and O–H groups in total. The Bertz CT molecular complexity index is 669. The summed E-state index contributed by atoms with van der Waals surface area (Å²) in [5.41, 5.74) is 6.95. The van der Waals surface area contributed by atoms with Crippen molar-refractivity contribution in [2.24, 2.45) is 0 Å². The molecule has 0 radical (unpaired) electrons. The molecule has 0 saturated heterocycles. The lowest BCUT2D eigenvalue weighted by atomic mass is 10.2. The fraction of sp³-hybridized carbons (Fsp3) is 0. The van der Waals surface area contributed by atoms with Crippen LogP contribution in [0.4, 0.5) is 11.4 Å². The van der Waals surface area contributed by atoms with Crippen molar-refractivity contribution in [1.29, 1.82) is 0 Å². The molecule has 0 aliphatic heterocycles. The van der Waals surface area contributed by atoms with E-state index in [-0.39, 0.29) is 16.3 Å². The fourth-order valence-corrected chi connectivity index (χ4v) is 3.20. The summed E-state index contributed by atoms with van der Waals surface area (Å²) in [6, 6.07) is 7.51. The molecule has 0 aliphatic carbocycles. The quantitative estimate of drug-likeness (QED) is 0.630. The normalized spacial score (nSPS) is 10.3. The molecular formula is C13H9Br2ClN2O2. The second kappa shape index (κ2) is 6.03. The highest BCUT2D eigenvalue weighted by atomic mass is 79.9. The number of nitrogens with one attached hydrogen (secondary N) is 1. The summed E-state index contributed by atoms with van der Waals surface area (Å²) >= 11 is 12.6. The van der Waals surface area contributed by atoms with Crippen LogP contribution in [0.5, 0.6) is 5.75 Å². The maximum absolute atomic E-state index is 12.2. The van der Waals surface area contributed by atoms with Crippen LogP contribution >= 0.6 is 43.5 Å². The van der Waals surface area contributed by atoms with Gasteiger partial charge in [-0.3, -0.25) is 4.79 Å². The first-order valence-corrected chi connectivity index (χ1v) is 7.39. The molecule has 0 aliphatic rings. The molecule has 20 heavy (non-hydrogen) atoms. The van der Waals surface area contributed by atoms with Crippen molar-refractivity contribution in [3.63, 3.8) is 0 Å². The molecule has 0 heterocycles. The summed E-state index contributed by atoms with van der Waals surface area (Å²) in [5, 5.41) is 12.4. The summed E-state index contributed by atoms with van der Waals surface area (Å²) in [4.78, 5) is 12.2. The molecule has 104 valence electrons. The number of halogens is 3. The largest absolute Gasteiger partial charge is 0.508 e. The minimum atomic E-state index is -0.433. The average Bonchev–Trinajstić information content (AvgIpc) is 2.36. The number of phenols is 1. The summed E-state index contributed by atoms with van der Waals surface area (Å²) in [5.74, 6) is -0.466. The Morgan fingerprint density at radius 2 is 1.80 bits per heavy atom. The summed E-state index contributed by atoms with van der Waals surface area (Å²) in [7, 11) is 0. The molecule has 2 aromatic rings. The van der Waals surface area contributed by atoms with Crippen LogP contribution in [0.25, 0.3) is 0 Å². The zero-order valence-corrected chi connectivity index (χ0v) is 13.9. The zero-order valence-electron chi connectivity index (χ0n) is 9.95. The Hall–Kier alpha value is -1.24. The Morgan fingerprint density at radius 1 is 1.20 bits per heavy atom. The van der Waals surface area contributed by atoms with Crippen LogP contribution < -0.4 is 11.1 Å². The monoisotopic (exact) mass is 418 g/mol. The number of aromatic hydroxyl groups is 1. The summed E-state index contributed by atoms with van der Waals surface area (Å²) in [6.45, 7) is 0. The van der Waals surface area contributed by atoms with Gasteiger partial charge in [0.15, 0.2) is 0 Å². The molecule has 7 heteroatoms. The number of hydrogen-bond donors (Lipinski definition) is 3. The molecule has 2 rings (SSSR count). The van der Waals surface area contributed by atoms with Crippen LogP contribution in [-0.4, -0.2) is 11.0 Å². The first-order valence-electron chi connectivity index (χ1n) is 5.43. The van der Waals surface area contributed by atoms with Crippen LogP contribution in [0, 0.1) is 0 Å². The van der Waals surface area contributed by atoms with Gasteiger partial charge in [0.05, 0.1) is 16.3 Å². The number of anilines is 2. The van der Waals surface area contributed by atoms with Gasteiger partial charge in [-0.2, -0.15) is 0 Å². The number of phenolic OH excluding ortho intramolecular Hbond substituents is 1. The van der Waals surface area contributed by atoms with Gasteiger partial charge < -0.3 is 16.2 Å². The topological polar surface area (TPSA) is 75.3 Å². The molecule has 4 nitrogen and oxygen atoms in total. The van der Waals surface area contributed by atoms with E-state index < -0.39 is 5.91 Å². The van der Waals surface area contributed by atoms with Crippen molar-refractivity contribution in [3.05, 3.63) is 49.9 Å². The number of amides is 1. The van der Waals surface area contributed by atoms with E-state index in [9.17, 15) is 9.90 Å². The number of carbonyl (C=O) groups is 1. The second-order valence-corrected chi connectivity index (χ2v) is 6.09. The highest BCUT2D eigenvalue weighted by molar-refractivity contribution is 9.11. The molecule has 0 spiro atoms. The fourth-order valence-electron chi connectivity index (χ4n) is 1.58. The van der Waals surface area contributed by atoms with Gasteiger partial charge in [0.2, 0.25) is 0 Å². The van der Waals surface area contributed by atoms with Crippen LogP contribution in [0.3, 0.4) is 0 Å². The van der Waals surface area contributed by atoms with Crippen molar-refractivity contribution in [2.75, 3.05) is 11.1 Å². The lowest BCUT2D eigenvalue weighted by Gasteiger charge is -2.11. The van der Waals surface area contributed by atoms with Gasteiger partial charge in [-0.15, -0.1) is 0 Å². The van der Waals surface area contributed by atoms with Gasteiger partial charge in [0.25, 0.3) is 5.91 Å². The van der Waals surface area contributed by atoms with E-state index in [0.29, 0.717) is 20.3 Å². The smallest absolute Gasteiger partial charge is 0.257 e. The molecular weight excluding hydrogens is 411 g/mol. The third kappa shape index (κ3) is 3.26. The van der Waals surface area contributed by atoms with Crippen LogP contribution in [0.1, 0.15) is 10.4 Å². The van der Waals surface area contributed by atoms with Gasteiger partial charge in [-0.25, -0.2) is 0 Å². The summed E-state index contributed by atoms with van der Waals surface area (Å²) in [6.07, 6.45) is 0. The van der Waals surface area contributed by atoms with Gasteiger partial charge in [-0.05, 0) is 62.2 Å². The Morgan fingerprint density at radius 3 is 2.40 bits per heavy atom. The van der Waals surface area contributed by atoms with Gasteiger partial charge in [-0.1, -0.05) is 11.6 Å². The van der Waals surface area contributed by atoms with E-state index in [1.54, 1.807) is 12.1 Å². The lowest BCUT2D eigenvalue weighted by Crippen LogP contribution is -2.13. The first kappa shape index (κ1) is 15.2. The standard InChI is InChI=1S/C13H9Br2ClN2O2/c14-9-3-6(17)4-10(15)12(9)18-13(20)8-5-7(19)1-2-11(8)16/h1-5,19H,17H2,(H,18,20). The molecule has 0 aromatic heterocycles. The van der Waals surface area contributed by atoms with E-state index in [4.69, 9.17) is 17.3 Å². The molecule has 0 fully saturated rings. The predicted octanol–water partition coefficient (Wildman–Crippen LogP) is 4.41. The molecule has 0 bridgehead atoms. The maximum Gasteiger partial charge on any atom is 0.257 e. The van der Waals surface area contributed by atoms with E-state index in [0.717, 1.165) is 0 Å². The third-order valence-corrected chi connectivity index (χ3v) is 4.08. The molecule has 2 aromatic carbocycles. The Labute approximate surface area is 137 Å². The van der Waals surface area contributed by atoms with Crippen LogP contribution in [-0.2, 0) is 0 Å². The minimum Gasteiger partial charge on any atom is -0.508 e. The van der Waals surface area contributed by atoms with E-state index in [2.05, 4.69) is 37.2 Å². The van der Waals surface area contributed by atoms with E-state index in [1.165, 1.54) is 18.2 Å². The van der Waals surface area contributed by atoms with Gasteiger partial charge in [0.1, 0.15) is 5.75 Å². The van der Waals surface area contributed by atoms with Crippen molar-refractivity contribution < 1.29 is 9.90 Å². The molecule has 0 saturated carbocycles. The number of rotatable bonds is 2. The maximum atomic E-state index is 12.2. The number of nitrogens with two attached hydrogens (primary N) is 1. The zero-order chi connectivity index (χ0) is 14.9. The molecule has 0 atom stereocenters. The van der Waals surface area contributed by atoms with E-state index >= 15 is 0 Å². The van der Waals surface area contributed by atoms with Crippen molar-refractivity contribution in [3.8, 4) is 5.75 Å². The van der Waals surface area contributed by atoms with E-state index in [1.807, 2.05) is 0 Å². The van der Waals surface area contributed by atoms with Crippen molar-refractivity contribution in [2.45, 2.75) is 0 Å². The third-order valence-electron chi connectivity index (χ3n) is 2.50.